The van der Waals surface area contributed by atoms with Crippen molar-refractivity contribution in [1.82, 2.24) is 15.0 Å². The summed E-state index contributed by atoms with van der Waals surface area (Å²) in [6.45, 7) is 4.13. The molecule has 2 heterocycles. The Morgan fingerprint density at radius 3 is 2.78 bits per heavy atom. The first kappa shape index (κ1) is 17.4. The van der Waals surface area contributed by atoms with Crippen LogP contribution in [0.4, 0.5) is 5.69 Å². The third-order valence-corrected chi connectivity index (χ3v) is 5.17. The number of amides is 1. The van der Waals surface area contributed by atoms with Gasteiger partial charge in [-0.15, -0.1) is 11.3 Å². The van der Waals surface area contributed by atoms with E-state index in [1.807, 2.05) is 23.6 Å². The van der Waals surface area contributed by atoms with Gasteiger partial charge in [0.05, 0.1) is 16.5 Å². The molecule has 0 fully saturated rings. The minimum absolute atomic E-state index is 0.00214. The zero-order chi connectivity index (χ0) is 18.8. The number of H-pyrrole nitrogens is 1. The third-order valence-electron chi connectivity index (χ3n) is 4.58. The number of imidazole rings is 1. The van der Waals surface area contributed by atoms with Crippen molar-refractivity contribution in [1.29, 1.82) is 0 Å². The van der Waals surface area contributed by atoms with E-state index in [-0.39, 0.29) is 11.8 Å². The molecule has 4 aromatic rings. The number of aryl methyl sites for hydroxylation is 1. The van der Waals surface area contributed by atoms with Gasteiger partial charge in [-0.05, 0) is 36.6 Å². The van der Waals surface area contributed by atoms with Gasteiger partial charge in [0.2, 0.25) is 5.91 Å². The first-order valence-corrected chi connectivity index (χ1v) is 9.77. The van der Waals surface area contributed by atoms with Crippen molar-refractivity contribution in [2.75, 3.05) is 5.32 Å². The van der Waals surface area contributed by atoms with Gasteiger partial charge in [-0.25, -0.2) is 9.97 Å². The number of aromatic amines is 1. The minimum atomic E-state index is -0.00214. The van der Waals surface area contributed by atoms with Gasteiger partial charge >= 0.3 is 0 Å². The van der Waals surface area contributed by atoms with Gasteiger partial charge in [0.15, 0.2) is 5.82 Å². The number of benzene rings is 2. The van der Waals surface area contributed by atoms with E-state index >= 15 is 0 Å². The zero-order valence-corrected chi connectivity index (χ0v) is 16.0. The lowest BCUT2D eigenvalue weighted by atomic mass is 9.96. The number of anilines is 1. The Labute approximate surface area is 161 Å². The number of nitrogens with one attached hydrogen (secondary N) is 2. The highest BCUT2D eigenvalue weighted by Gasteiger charge is 2.13. The number of rotatable bonds is 5. The fourth-order valence-corrected chi connectivity index (χ4v) is 3.57. The van der Waals surface area contributed by atoms with Crippen LogP contribution in [0.15, 0.2) is 53.4 Å². The Balaban J connectivity index is 1.46. The Morgan fingerprint density at radius 1 is 1.22 bits per heavy atom. The molecule has 0 saturated heterocycles. The van der Waals surface area contributed by atoms with Crippen LogP contribution in [0.1, 0.15) is 30.4 Å². The van der Waals surface area contributed by atoms with E-state index in [1.54, 1.807) is 5.51 Å². The molecule has 2 aromatic carbocycles. The van der Waals surface area contributed by atoms with Gasteiger partial charge in [0.1, 0.15) is 5.69 Å². The molecule has 27 heavy (non-hydrogen) atoms. The van der Waals surface area contributed by atoms with E-state index in [9.17, 15) is 4.79 Å². The fourth-order valence-electron chi connectivity index (χ4n) is 3.04. The van der Waals surface area contributed by atoms with Gasteiger partial charge in [-0.1, -0.05) is 36.8 Å². The van der Waals surface area contributed by atoms with Crippen molar-refractivity contribution >= 4 is 34.0 Å². The van der Waals surface area contributed by atoms with Crippen LogP contribution in [0.5, 0.6) is 0 Å². The average Bonchev–Trinajstić information content (AvgIpc) is 3.31. The van der Waals surface area contributed by atoms with Crippen LogP contribution in [0.2, 0.25) is 0 Å². The second kappa shape index (κ2) is 7.32. The van der Waals surface area contributed by atoms with Crippen LogP contribution < -0.4 is 5.32 Å². The Hall–Kier alpha value is -2.99. The van der Waals surface area contributed by atoms with E-state index in [0.29, 0.717) is 6.42 Å². The second-order valence-electron chi connectivity index (χ2n) is 6.76. The lowest BCUT2D eigenvalue weighted by Gasteiger charge is -2.12. The number of carbonyl (C=O) groups is 1. The molecule has 0 bridgehead atoms. The molecule has 0 aliphatic heterocycles. The summed E-state index contributed by atoms with van der Waals surface area (Å²) in [5, 5.41) is 4.93. The molecule has 136 valence electrons. The smallest absolute Gasteiger partial charge is 0.224 e. The van der Waals surface area contributed by atoms with Crippen molar-refractivity contribution < 1.29 is 4.79 Å². The number of thiazole rings is 1. The summed E-state index contributed by atoms with van der Waals surface area (Å²) >= 11 is 1.53. The molecule has 0 radical (unpaired) electrons. The molecule has 0 aliphatic rings. The van der Waals surface area contributed by atoms with Gasteiger partial charge in [0, 0.05) is 17.5 Å². The molecule has 1 amide bonds. The molecule has 6 heteroatoms. The molecule has 2 aromatic heterocycles. The minimum Gasteiger partial charge on any atom is -0.337 e. The molecule has 0 aliphatic carbocycles. The van der Waals surface area contributed by atoms with Crippen LogP contribution in [0.3, 0.4) is 0 Å². The fraction of sp³-hybridized carbons (Fsp3) is 0.190. The van der Waals surface area contributed by atoms with Crippen molar-refractivity contribution in [2.45, 2.75) is 26.2 Å². The van der Waals surface area contributed by atoms with E-state index in [1.165, 1.54) is 22.5 Å². The molecule has 2 N–H and O–H groups in total. The highest BCUT2D eigenvalue weighted by molar-refractivity contribution is 7.07. The summed E-state index contributed by atoms with van der Waals surface area (Å²) in [7, 11) is 0. The number of nitrogens with zero attached hydrogens (tertiary/aromatic N) is 2. The molecule has 1 unspecified atom stereocenters. The van der Waals surface area contributed by atoms with Crippen molar-refractivity contribution in [3.63, 3.8) is 0 Å². The lowest BCUT2D eigenvalue weighted by Crippen LogP contribution is -2.14. The number of hydrogen-bond donors (Lipinski definition) is 2. The number of carbonyl (C=O) groups excluding carboxylic acids is 1. The summed E-state index contributed by atoms with van der Waals surface area (Å²) < 4.78 is 0. The Morgan fingerprint density at radius 2 is 2.04 bits per heavy atom. The third kappa shape index (κ3) is 3.90. The van der Waals surface area contributed by atoms with E-state index in [0.717, 1.165) is 28.2 Å². The normalized spacial score (nSPS) is 12.2. The first-order valence-electron chi connectivity index (χ1n) is 8.83. The van der Waals surface area contributed by atoms with Gasteiger partial charge in [0.25, 0.3) is 0 Å². The van der Waals surface area contributed by atoms with Gasteiger partial charge < -0.3 is 10.3 Å². The second-order valence-corrected chi connectivity index (χ2v) is 7.47. The van der Waals surface area contributed by atoms with Crippen LogP contribution in [0, 0.1) is 6.92 Å². The van der Waals surface area contributed by atoms with Crippen LogP contribution in [0.25, 0.3) is 22.6 Å². The maximum Gasteiger partial charge on any atom is 0.224 e. The zero-order valence-electron chi connectivity index (χ0n) is 15.2. The quantitative estimate of drug-likeness (QED) is 0.507. The largest absolute Gasteiger partial charge is 0.337 e. The van der Waals surface area contributed by atoms with Gasteiger partial charge in [-0.3, -0.25) is 4.79 Å². The van der Waals surface area contributed by atoms with E-state index in [2.05, 4.69) is 58.4 Å². The summed E-state index contributed by atoms with van der Waals surface area (Å²) in [4.78, 5) is 24.6. The van der Waals surface area contributed by atoms with Gasteiger partial charge in [-0.2, -0.15) is 0 Å². The maximum atomic E-state index is 12.4. The molecular weight excluding hydrogens is 356 g/mol. The SMILES string of the molecule is Cc1ccc(C(C)CC(=O)Nc2ccc3[nH]c(-c4cscn4)nc3c2)cc1. The van der Waals surface area contributed by atoms with E-state index < -0.39 is 0 Å². The summed E-state index contributed by atoms with van der Waals surface area (Å²) in [5.74, 6) is 0.899. The standard InChI is InChI=1S/C21H20N4OS/c1-13-3-5-15(6-4-13)14(2)9-20(26)23-16-7-8-17-18(10-16)25-21(24-17)19-11-27-12-22-19/h3-8,10-12,14H,9H2,1-2H3,(H,23,26)(H,24,25). The maximum absolute atomic E-state index is 12.4. The lowest BCUT2D eigenvalue weighted by molar-refractivity contribution is -0.116. The Bertz CT molecular complexity index is 1070. The number of aromatic nitrogens is 3. The average molecular weight is 376 g/mol. The topological polar surface area (TPSA) is 70.7 Å². The summed E-state index contributed by atoms with van der Waals surface area (Å²) in [6, 6.07) is 14.0. The predicted octanol–water partition coefficient (Wildman–Crippen LogP) is 5.13. The molecule has 4 rings (SSSR count). The highest BCUT2D eigenvalue weighted by atomic mass is 32.1. The first-order chi connectivity index (χ1) is 13.1. The van der Waals surface area contributed by atoms with Crippen molar-refractivity contribution in [2.24, 2.45) is 0 Å². The molecular formula is C21H20N4OS. The highest BCUT2D eigenvalue weighted by Crippen LogP contribution is 2.24. The summed E-state index contributed by atoms with van der Waals surface area (Å²) in [6.07, 6.45) is 0.436. The number of hydrogen-bond acceptors (Lipinski definition) is 4. The van der Waals surface area contributed by atoms with Crippen LogP contribution in [-0.2, 0) is 4.79 Å². The monoisotopic (exact) mass is 376 g/mol. The molecule has 0 saturated carbocycles. The molecule has 5 nitrogen and oxygen atoms in total. The van der Waals surface area contributed by atoms with Crippen LogP contribution in [-0.4, -0.2) is 20.9 Å². The number of fused-ring (bicyclic) bond motifs is 1. The van der Waals surface area contributed by atoms with Crippen molar-refractivity contribution in [3.05, 3.63) is 64.5 Å². The molecule has 0 spiro atoms. The summed E-state index contributed by atoms with van der Waals surface area (Å²) in [5.41, 5.74) is 7.48. The predicted molar refractivity (Wildman–Crippen MR) is 110 cm³/mol. The van der Waals surface area contributed by atoms with Crippen LogP contribution >= 0.6 is 11.3 Å². The van der Waals surface area contributed by atoms with Crippen molar-refractivity contribution in [3.8, 4) is 11.5 Å². The molecule has 1 atom stereocenters. The Kier molecular flexibility index (Phi) is 4.73. The van der Waals surface area contributed by atoms with E-state index in [4.69, 9.17) is 0 Å².